The lowest BCUT2D eigenvalue weighted by atomic mass is 9.99. The summed E-state index contributed by atoms with van der Waals surface area (Å²) in [5.41, 5.74) is -1.02. The standard InChI is InChI=1S/C23H25ClF4N6O4/c1-12-4-17-13(7-33(12)22(37)29-18-5-14(24)15(25)6-16(18)26)20-21(36)32(3)38-23(11-35,10-34(20)30-17)9-31(2)8-19(27)28/h5-6,11-12,19H,4,7-10H2,1-3H3,(H,29,37). The van der Waals surface area contributed by atoms with E-state index in [1.807, 2.05) is 0 Å². The number of benzene rings is 1. The fraction of sp³-hybridized carbons (Fsp3) is 0.478. The summed E-state index contributed by atoms with van der Waals surface area (Å²) >= 11 is 5.72. The number of aldehydes is 1. The van der Waals surface area contributed by atoms with Crippen molar-refractivity contribution in [2.45, 2.75) is 44.5 Å². The minimum Gasteiger partial charge on any atom is -0.317 e. The van der Waals surface area contributed by atoms with Crippen LogP contribution in [0.15, 0.2) is 12.1 Å². The van der Waals surface area contributed by atoms with Gasteiger partial charge in [-0.15, -0.1) is 0 Å². The minimum absolute atomic E-state index is 0.0726. The highest BCUT2D eigenvalue weighted by Crippen LogP contribution is 2.32. The van der Waals surface area contributed by atoms with Gasteiger partial charge in [-0.3, -0.25) is 24.0 Å². The fourth-order valence-electron chi connectivity index (χ4n) is 4.70. The quantitative estimate of drug-likeness (QED) is 0.331. The van der Waals surface area contributed by atoms with E-state index in [0.717, 1.165) is 11.1 Å². The van der Waals surface area contributed by atoms with Crippen LogP contribution in [0.3, 0.4) is 0 Å². The first kappa shape index (κ1) is 27.8. The number of carbonyl (C=O) groups is 3. The summed E-state index contributed by atoms with van der Waals surface area (Å²) in [7, 11) is 2.69. The molecule has 3 amide bonds. The van der Waals surface area contributed by atoms with Gasteiger partial charge in [-0.2, -0.15) is 5.10 Å². The van der Waals surface area contributed by atoms with Crippen LogP contribution < -0.4 is 5.32 Å². The first-order valence-electron chi connectivity index (χ1n) is 11.5. The Kier molecular flexibility index (Phi) is 7.68. The van der Waals surface area contributed by atoms with Crippen molar-refractivity contribution in [1.29, 1.82) is 0 Å². The van der Waals surface area contributed by atoms with Crippen LogP contribution in [0.5, 0.6) is 0 Å². The van der Waals surface area contributed by atoms with Crippen LogP contribution in [0.4, 0.5) is 28.0 Å². The second kappa shape index (κ2) is 10.5. The zero-order valence-electron chi connectivity index (χ0n) is 20.7. The van der Waals surface area contributed by atoms with E-state index >= 15 is 0 Å². The number of rotatable bonds is 6. The smallest absolute Gasteiger partial charge is 0.317 e. The molecular formula is C23H25ClF4N6O4. The Labute approximate surface area is 220 Å². The Hall–Kier alpha value is -3.23. The zero-order chi connectivity index (χ0) is 27.9. The highest BCUT2D eigenvalue weighted by Gasteiger charge is 2.44. The molecule has 10 nitrogen and oxygen atoms in total. The fourth-order valence-corrected chi connectivity index (χ4v) is 4.87. The lowest BCUT2D eigenvalue weighted by molar-refractivity contribution is -0.204. The molecule has 2 aliphatic rings. The van der Waals surface area contributed by atoms with Crippen LogP contribution >= 0.6 is 11.6 Å². The van der Waals surface area contributed by atoms with Crippen LogP contribution in [0, 0.1) is 11.6 Å². The van der Waals surface area contributed by atoms with E-state index in [1.165, 1.54) is 28.6 Å². The molecule has 1 aromatic carbocycles. The number of hydrogen-bond donors (Lipinski definition) is 1. The van der Waals surface area contributed by atoms with Crippen molar-refractivity contribution in [2.75, 3.05) is 32.5 Å². The third kappa shape index (κ3) is 5.33. The van der Waals surface area contributed by atoms with Crippen molar-refractivity contribution in [1.82, 2.24) is 24.6 Å². The molecule has 0 radical (unpaired) electrons. The van der Waals surface area contributed by atoms with Gasteiger partial charge in [0.25, 0.3) is 12.3 Å². The molecule has 0 bridgehead atoms. The summed E-state index contributed by atoms with van der Waals surface area (Å²) in [4.78, 5) is 46.7. The maximum atomic E-state index is 14.2. The molecule has 0 fully saturated rings. The van der Waals surface area contributed by atoms with Gasteiger partial charge >= 0.3 is 6.03 Å². The number of urea groups is 1. The number of carbonyl (C=O) groups excluding carboxylic acids is 3. The number of nitrogens with one attached hydrogen (secondary N) is 1. The number of anilines is 1. The van der Waals surface area contributed by atoms with E-state index in [1.54, 1.807) is 6.92 Å². The number of hydrogen-bond acceptors (Lipinski definition) is 6. The molecule has 2 unspecified atom stereocenters. The van der Waals surface area contributed by atoms with Gasteiger partial charge in [0.05, 0.1) is 36.0 Å². The third-order valence-corrected chi connectivity index (χ3v) is 6.71. The number of hydroxylamine groups is 2. The summed E-state index contributed by atoms with van der Waals surface area (Å²) in [6, 6.07) is 0.361. The molecule has 2 atom stereocenters. The van der Waals surface area contributed by atoms with Gasteiger partial charge in [0, 0.05) is 37.7 Å². The molecule has 3 heterocycles. The van der Waals surface area contributed by atoms with Crippen molar-refractivity contribution < 1.29 is 36.8 Å². The minimum atomic E-state index is -2.64. The third-order valence-electron chi connectivity index (χ3n) is 6.42. The van der Waals surface area contributed by atoms with E-state index in [9.17, 15) is 31.9 Å². The van der Waals surface area contributed by atoms with Gasteiger partial charge in [-0.1, -0.05) is 11.6 Å². The molecule has 0 spiro atoms. The highest BCUT2D eigenvalue weighted by atomic mass is 35.5. The summed E-state index contributed by atoms with van der Waals surface area (Å²) in [5.74, 6) is -2.64. The lowest BCUT2D eigenvalue weighted by Crippen LogP contribution is -2.51. The van der Waals surface area contributed by atoms with Crippen molar-refractivity contribution in [3.05, 3.63) is 45.7 Å². The average molecular weight is 561 g/mol. The van der Waals surface area contributed by atoms with Gasteiger partial charge < -0.3 is 10.2 Å². The molecule has 0 saturated heterocycles. The van der Waals surface area contributed by atoms with Crippen LogP contribution in [0.1, 0.15) is 28.7 Å². The predicted octanol–water partition coefficient (Wildman–Crippen LogP) is 2.95. The molecule has 38 heavy (non-hydrogen) atoms. The van der Waals surface area contributed by atoms with E-state index in [2.05, 4.69) is 10.4 Å². The van der Waals surface area contributed by atoms with E-state index in [4.69, 9.17) is 16.4 Å². The number of aromatic nitrogens is 2. The van der Waals surface area contributed by atoms with Crippen molar-refractivity contribution >= 4 is 35.5 Å². The summed E-state index contributed by atoms with van der Waals surface area (Å²) in [6.45, 7) is 0.558. The normalized spacial score (nSPS) is 21.4. The topological polar surface area (TPSA) is 100 Å². The summed E-state index contributed by atoms with van der Waals surface area (Å²) in [6.07, 6.45) is -1.95. The number of likely N-dealkylation sites (N-methyl/N-ethyl adjacent to an activating group) is 1. The van der Waals surface area contributed by atoms with Gasteiger partial charge in [0.15, 0.2) is 11.9 Å². The van der Waals surface area contributed by atoms with Crippen LogP contribution in [-0.2, 0) is 29.1 Å². The first-order chi connectivity index (χ1) is 17.8. The maximum Gasteiger partial charge on any atom is 0.322 e. The second-order valence-corrected chi connectivity index (χ2v) is 9.86. The van der Waals surface area contributed by atoms with Crippen molar-refractivity contribution in [3.8, 4) is 0 Å². The number of fused-ring (bicyclic) bond motifs is 3. The number of halogens is 5. The maximum absolute atomic E-state index is 14.2. The monoisotopic (exact) mass is 560 g/mol. The summed E-state index contributed by atoms with van der Waals surface area (Å²) < 4.78 is 54.8. The van der Waals surface area contributed by atoms with Gasteiger partial charge in [0.1, 0.15) is 17.3 Å². The molecule has 1 aromatic heterocycles. The molecular weight excluding hydrogens is 536 g/mol. The molecule has 0 aliphatic carbocycles. The van der Waals surface area contributed by atoms with Crippen molar-refractivity contribution in [3.63, 3.8) is 0 Å². The molecule has 4 rings (SSSR count). The Morgan fingerprint density at radius 3 is 2.74 bits per heavy atom. The lowest BCUT2D eigenvalue weighted by Gasteiger charge is -2.34. The SMILES string of the molecule is CC1Cc2nn3c(c2CN1C(=O)Nc1cc(Cl)c(F)cc1F)C(=O)N(C)OC(C=O)(CN(C)CC(F)F)C3. The average Bonchev–Trinajstić information content (AvgIpc) is 3.11. The predicted molar refractivity (Wildman–Crippen MR) is 127 cm³/mol. The summed E-state index contributed by atoms with van der Waals surface area (Å²) in [5, 5.41) is 7.35. The Morgan fingerprint density at radius 1 is 1.37 bits per heavy atom. The van der Waals surface area contributed by atoms with Crippen LogP contribution in [0.25, 0.3) is 0 Å². The van der Waals surface area contributed by atoms with E-state index < -0.39 is 48.2 Å². The largest absolute Gasteiger partial charge is 0.322 e. The Morgan fingerprint density at radius 2 is 2.08 bits per heavy atom. The molecule has 2 aromatic rings. The molecule has 2 aliphatic heterocycles. The first-order valence-corrected chi connectivity index (χ1v) is 11.9. The van der Waals surface area contributed by atoms with E-state index in [0.29, 0.717) is 23.6 Å². The van der Waals surface area contributed by atoms with Gasteiger partial charge in [-0.05, 0) is 20.0 Å². The Bertz CT molecular complexity index is 1280. The Balaban J connectivity index is 1.63. The van der Waals surface area contributed by atoms with Gasteiger partial charge in [-0.25, -0.2) is 27.4 Å². The van der Waals surface area contributed by atoms with Crippen LogP contribution in [-0.4, -0.2) is 88.1 Å². The molecule has 206 valence electrons. The second-order valence-electron chi connectivity index (χ2n) is 9.45. The number of amides is 3. The zero-order valence-corrected chi connectivity index (χ0v) is 21.4. The molecule has 15 heteroatoms. The van der Waals surface area contributed by atoms with Crippen LogP contribution in [0.2, 0.25) is 5.02 Å². The van der Waals surface area contributed by atoms with Gasteiger partial charge in [0.2, 0.25) is 0 Å². The van der Waals surface area contributed by atoms with Crippen molar-refractivity contribution in [2.24, 2.45) is 0 Å². The highest BCUT2D eigenvalue weighted by molar-refractivity contribution is 6.31. The number of alkyl halides is 2. The van der Waals surface area contributed by atoms with E-state index in [-0.39, 0.29) is 42.5 Å². The molecule has 0 saturated carbocycles. The number of nitrogens with zero attached hydrogens (tertiary/aromatic N) is 5. The molecule has 1 N–H and O–H groups in total.